The number of pyridine rings is 1. The minimum atomic E-state index is -0.0165. The van der Waals surface area contributed by atoms with Crippen molar-refractivity contribution in [3.8, 4) is 0 Å². The Morgan fingerprint density at radius 2 is 1.65 bits per heavy atom. The minimum absolute atomic E-state index is 0.0165. The van der Waals surface area contributed by atoms with Gasteiger partial charge in [-0.2, -0.15) is 0 Å². The highest BCUT2D eigenvalue weighted by Crippen LogP contribution is 2.22. The molecule has 3 heterocycles. The van der Waals surface area contributed by atoms with E-state index in [1.165, 1.54) is 6.42 Å². The summed E-state index contributed by atoms with van der Waals surface area (Å²) in [6.07, 6.45) is 2.96. The second-order valence-electron chi connectivity index (χ2n) is 9.22. The Labute approximate surface area is 184 Å². The average molecular weight is 424 g/mol. The highest BCUT2D eigenvalue weighted by atomic mass is 16.2. The number of carbonyl (C=O) groups excluding carboxylic acids is 2. The van der Waals surface area contributed by atoms with Gasteiger partial charge in [-0.3, -0.25) is 24.4 Å². The summed E-state index contributed by atoms with van der Waals surface area (Å²) < 4.78 is 0. The van der Waals surface area contributed by atoms with Crippen LogP contribution < -0.4 is 5.32 Å². The number of benzene rings is 1. The van der Waals surface area contributed by atoms with Crippen LogP contribution in [0.4, 0.5) is 5.69 Å². The number of rotatable bonds is 5. The van der Waals surface area contributed by atoms with Gasteiger partial charge in [0.1, 0.15) is 0 Å². The van der Waals surface area contributed by atoms with Crippen LogP contribution in [-0.4, -0.2) is 83.9 Å². The van der Waals surface area contributed by atoms with Crippen molar-refractivity contribution < 1.29 is 9.59 Å². The molecule has 1 aromatic heterocycles. The zero-order valence-corrected chi connectivity index (χ0v) is 18.6. The van der Waals surface area contributed by atoms with Gasteiger partial charge in [0.15, 0.2) is 0 Å². The molecule has 2 amide bonds. The third kappa shape index (κ3) is 5.60. The number of nitrogens with one attached hydrogen (secondary N) is 1. The lowest BCUT2D eigenvalue weighted by Gasteiger charge is -2.38. The first-order chi connectivity index (χ1) is 15.0. The number of nitrogens with zero attached hydrogens (tertiary/aromatic N) is 4. The van der Waals surface area contributed by atoms with Crippen LogP contribution in [0, 0.1) is 11.8 Å². The van der Waals surface area contributed by atoms with E-state index in [9.17, 15) is 9.59 Å². The van der Waals surface area contributed by atoms with Crippen molar-refractivity contribution in [2.45, 2.75) is 20.3 Å². The number of piperidine rings is 1. The average Bonchev–Trinajstić information content (AvgIpc) is 2.75. The van der Waals surface area contributed by atoms with Crippen molar-refractivity contribution in [2.24, 2.45) is 11.8 Å². The molecule has 0 radical (unpaired) electrons. The number of amides is 2. The highest BCUT2D eigenvalue weighted by Gasteiger charge is 2.27. The van der Waals surface area contributed by atoms with Crippen LogP contribution in [0.2, 0.25) is 0 Å². The van der Waals surface area contributed by atoms with Crippen LogP contribution in [0.5, 0.6) is 0 Å². The van der Waals surface area contributed by atoms with Crippen LogP contribution in [0.25, 0.3) is 10.9 Å². The van der Waals surface area contributed by atoms with Crippen molar-refractivity contribution in [3.05, 3.63) is 36.5 Å². The SMILES string of the molecule is CC1CC(C)CN(C(=O)CN2CCN(CC(=O)Nc3cccc4ncccc34)CC2)C1. The lowest BCUT2D eigenvalue weighted by Crippen LogP contribution is -2.52. The van der Waals surface area contributed by atoms with E-state index in [-0.39, 0.29) is 11.8 Å². The molecule has 2 aliphatic rings. The molecule has 2 atom stereocenters. The Morgan fingerprint density at radius 3 is 2.35 bits per heavy atom. The number of aromatic nitrogens is 1. The van der Waals surface area contributed by atoms with Gasteiger partial charge in [0.2, 0.25) is 11.8 Å². The van der Waals surface area contributed by atoms with Crippen molar-refractivity contribution in [3.63, 3.8) is 0 Å². The summed E-state index contributed by atoms with van der Waals surface area (Å²) in [5.74, 6) is 1.40. The Morgan fingerprint density at radius 1 is 0.968 bits per heavy atom. The second kappa shape index (κ2) is 9.75. The maximum atomic E-state index is 12.7. The van der Waals surface area contributed by atoms with Gasteiger partial charge in [0, 0.05) is 50.9 Å². The van der Waals surface area contributed by atoms with Gasteiger partial charge in [-0.05, 0) is 42.5 Å². The fourth-order valence-electron chi connectivity index (χ4n) is 4.87. The fourth-order valence-corrected chi connectivity index (χ4v) is 4.87. The molecule has 2 saturated heterocycles. The summed E-state index contributed by atoms with van der Waals surface area (Å²) in [6.45, 7) is 10.3. The monoisotopic (exact) mass is 423 g/mol. The van der Waals surface area contributed by atoms with Gasteiger partial charge >= 0.3 is 0 Å². The van der Waals surface area contributed by atoms with E-state index in [2.05, 4.69) is 33.9 Å². The molecule has 0 spiro atoms. The minimum Gasteiger partial charge on any atom is -0.341 e. The first kappa shape index (κ1) is 21.7. The standard InChI is InChI=1S/C24H33N5O2/c1-18-13-19(2)15-29(14-18)24(31)17-28-11-9-27(10-12-28)16-23(30)26-22-7-3-6-21-20(22)5-4-8-25-21/h3-8,18-19H,9-17H2,1-2H3,(H,26,30). The molecule has 31 heavy (non-hydrogen) atoms. The van der Waals surface area contributed by atoms with E-state index in [4.69, 9.17) is 0 Å². The smallest absolute Gasteiger partial charge is 0.238 e. The predicted molar refractivity (Wildman–Crippen MR) is 123 cm³/mol. The van der Waals surface area contributed by atoms with Crippen LogP contribution >= 0.6 is 0 Å². The number of carbonyl (C=O) groups is 2. The summed E-state index contributed by atoms with van der Waals surface area (Å²) in [6, 6.07) is 9.61. The summed E-state index contributed by atoms with van der Waals surface area (Å²) in [4.78, 5) is 36.1. The number of piperazine rings is 1. The Kier molecular flexibility index (Phi) is 6.83. The second-order valence-corrected chi connectivity index (χ2v) is 9.22. The topological polar surface area (TPSA) is 68.8 Å². The molecule has 2 aromatic rings. The van der Waals surface area contributed by atoms with E-state index in [0.717, 1.165) is 55.9 Å². The van der Waals surface area contributed by atoms with Gasteiger partial charge in [-0.1, -0.05) is 19.9 Å². The zero-order chi connectivity index (χ0) is 21.8. The first-order valence-electron chi connectivity index (χ1n) is 11.3. The molecule has 2 fully saturated rings. The summed E-state index contributed by atoms with van der Waals surface area (Å²) in [5.41, 5.74) is 1.67. The van der Waals surface area contributed by atoms with E-state index < -0.39 is 0 Å². The summed E-state index contributed by atoms with van der Waals surface area (Å²) in [7, 11) is 0. The maximum absolute atomic E-state index is 12.7. The van der Waals surface area contributed by atoms with Gasteiger partial charge in [0.05, 0.1) is 24.3 Å². The van der Waals surface area contributed by atoms with Gasteiger partial charge < -0.3 is 10.2 Å². The molecule has 2 aliphatic heterocycles. The third-order valence-electron chi connectivity index (χ3n) is 6.33. The molecule has 2 unspecified atom stereocenters. The summed E-state index contributed by atoms with van der Waals surface area (Å²) in [5, 5.41) is 3.98. The predicted octanol–water partition coefficient (Wildman–Crippen LogP) is 2.30. The molecule has 0 bridgehead atoms. The quantitative estimate of drug-likeness (QED) is 0.799. The highest BCUT2D eigenvalue weighted by molar-refractivity contribution is 6.01. The third-order valence-corrected chi connectivity index (χ3v) is 6.33. The largest absolute Gasteiger partial charge is 0.341 e. The molecular formula is C24H33N5O2. The molecular weight excluding hydrogens is 390 g/mol. The number of hydrogen-bond acceptors (Lipinski definition) is 5. The van der Waals surface area contributed by atoms with Crippen LogP contribution in [0.15, 0.2) is 36.5 Å². The number of hydrogen-bond donors (Lipinski definition) is 1. The summed E-state index contributed by atoms with van der Waals surface area (Å²) >= 11 is 0. The van der Waals surface area contributed by atoms with E-state index in [1.54, 1.807) is 6.20 Å². The molecule has 7 nitrogen and oxygen atoms in total. The molecule has 0 saturated carbocycles. The molecule has 1 N–H and O–H groups in total. The van der Waals surface area contributed by atoms with Crippen LogP contribution in [0.1, 0.15) is 20.3 Å². The number of fused-ring (bicyclic) bond motifs is 1. The molecule has 166 valence electrons. The maximum Gasteiger partial charge on any atom is 0.238 e. The van der Waals surface area contributed by atoms with Crippen molar-refractivity contribution in [1.82, 2.24) is 19.7 Å². The van der Waals surface area contributed by atoms with E-state index in [0.29, 0.717) is 24.9 Å². The Balaban J connectivity index is 1.23. The number of anilines is 1. The molecule has 1 aromatic carbocycles. The zero-order valence-electron chi connectivity index (χ0n) is 18.6. The molecule has 0 aliphatic carbocycles. The molecule has 7 heteroatoms. The lowest BCUT2D eigenvalue weighted by molar-refractivity contribution is -0.135. The normalized spacial score (nSPS) is 23.1. The lowest BCUT2D eigenvalue weighted by atomic mass is 9.92. The van der Waals surface area contributed by atoms with Gasteiger partial charge in [-0.15, -0.1) is 0 Å². The number of likely N-dealkylation sites (tertiary alicyclic amines) is 1. The van der Waals surface area contributed by atoms with Crippen LogP contribution in [0.3, 0.4) is 0 Å². The van der Waals surface area contributed by atoms with Crippen LogP contribution in [-0.2, 0) is 9.59 Å². The Bertz CT molecular complexity index is 910. The van der Waals surface area contributed by atoms with E-state index in [1.807, 2.05) is 35.2 Å². The van der Waals surface area contributed by atoms with E-state index >= 15 is 0 Å². The van der Waals surface area contributed by atoms with Crippen molar-refractivity contribution >= 4 is 28.4 Å². The van der Waals surface area contributed by atoms with Crippen molar-refractivity contribution in [2.75, 3.05) is 57.7 Å². The fraction of sp³-hybridized carbons (Fsp3) is 0.542. The van der Waals surface area contributed by atoms with Crippen molar-refractivity contribution in [1.29, 1.82) is 0 Å². The van der Waals surface area contributed by atoms with Gasteiger partial charge in [-0.25, -0.2) is 0 Å². The molecule has 4 rings (SSSR count). The van der Waals surface area contributed by atoms with Gasteiger partial charge in [0.25, 0.3) is 0 Å². The first-order valence-corrected chi connectivity index (χ1v) is 11.3. The Hall–Kier alpha value is -2.51.